The first-order chi connectivity index (χ1) is 9.31. The highest BCUT2D eigenvalue weighted by molar-refractivity contribution is 5.77. The molecule has 3 heteroatoms. The minimum absolute atomic E-state index is 0.0372. The van der Waals surface area contributed by atoms with E-state index in [1.165, 1.54) is 36.8 Å². The van der Waals surface area contributed by atoms with Crippen molar-refractivity contribution in [3.63, 3.8) is 0 Å². The number of hydrogen-bond acceptors (Lipinski definition) is 2. The van der Waals surface area contributed by atoms with Gasteiger partial charge in [-0.15, -0.1) is 0 Å². The molecule has 0 aromatic heterocycles. The maximum absolute atomic E-state index is 11.8. The molecule has 1 aromatic rings. The third-order valence-corrected chi connectivity index (χ3v) is 4.17. The van der Waals surface area contributed by atoms with Crippen molar-refractivity contribution >= 4 is 5.91 Å². The summed E-state index contributed by atoms with van der Waals surface area (Å²) in [6, 6.07) is 6.42. The number of carbonyl (C=O) groups is 1. The zero-order valence-corrected chi connectivity index (χ0v) is 11.3. The fourth-order valence-corrected chi connectivity index (χ4v) is 3.11. The molecule has 0 radical (unpaired) electrons. The fourth-order valence-electron chi connectivity index (χ4n) is 3.11. The maximum atomic E-state index is 11.8. The van der Waals surface area contributed by atoms with Crippen molar-refractivity contribution in [2.24, 2.45) is 0 Å². The molecule has 1 aromatic carbocycles. The summed E-state index contributed by atoms with van der Waals surface area (Å²) in [6.45, 7) is 0. The zero-order valence-electron chi connectivity index (χ0n) is 11.3. The number of benzene rings is 1. The molecule has 0 bridgehead atoms. The molecule has 0 aliphatic heterocycles. The Hall–Kier alpha value is -1.35. The molecule has 0 spiro atoms. The van der Waals surface area contributed by atoms with E-state index >= 15 is 0 Å². The van der Waals surface area contributed by atoms with E-state index in [9.17, 15) is 4.79 Å². The van der Waals surface area contributed by atoms with Crippen molar-refractivity contribution in [1.82, 2.24) is 5.48 Å². The zero-order chi connectivity index (χ0) is 13.1. The Kier molecular flexibility index (Phi) is 3.83. The van der Waals surface area contributed by atoms with E-state index in [0.717, 1.165) is 24.8 Å². The normalized spacial score (nSPS) is 18.5. The molecule has 0 saturated heterocycles. The Balaban J connectivity index is 1.51. The third kappa shape index (κ3) is 3.16. The van der Waals surface area contributed by atoms with Gasteiger partial charge in [0, 0.05) is 0 Å². The molecule has 1 amide bonds. The molecule has 3 rings (SSSR count). The van der Waals surface area contributed by atoms with Gasteiger partial charge in [-0.2, -0.15) is 0 Å². The van der Waals surface area contributed by atoms with Crippen LogP contribution in [-0.2, 0) is 28.9 Å². The van der Waals surface area contributed by atoms with Gasteiger partial charge in [0.15, 0.2) is 0 Å². The van der Waals surface area contributed by atoms with Gasteiger partial charge in [0.05, 0.1) is 12.5 Å². The van der Waals surface area contributed by atoms with Crippen molar-refractivity contribution in [2.75, 3.05) is 0 Å². The molecule has 2 aliphatic rings. The lowest BCUT2D eigenvalue weighted by Crippen LogP contribution is -2.29. The monoisotopic (exact) mass is 259 g/mol. The summed E-state index contributed by atoms with van der Waals surface area (Å²) in [5.41, 5.74) is 6.56. The number of rotatable bonds is 4. The Morgan fingerprint density at radius 3 is 2.79 bits per heavy atom. The van der Waals surface area contributed by atoms with Gasteiger partial charge in [-0.05, 0) is 48.8 Å². The number of nitrogens with one attached hydrogen (secondary N) is 1. The molecule has 1 N–H and O–H groups in total. The van der Waals surface area contributed by atoms with Crippen LogP contribution in [0, 0.1) is 0 Å². The Bertz CT molecular complexity index is 464. The van der Waals surface area contributed by atoms with E-state index in [0.29, 0.717) is 6.42 Å². The lowest BCUT2D eigenvalue weighted by molar-refractivity contribution is -0.137. The van der Waals surface area contributed by atoms with E-state index in [2.05, 4.69) is 23.7 Å². The Morgan fingerprint density at radius 1 is 1.16 bits per heavy atom. The van der Waals surface area contributed by atoms with Gasteiger partial charge in [-0.25, -0.2) is 5.48 Å². The molecule has 19 heavy (non-hydrogen) atoms. The standard InChI is InChI=1S/C16H21NO2/c18-16(17-19-15-6-1-2-7-15)11-12-8-9-13-4-3-5-14(13)10-12/h8-10,15H,1-7,11H2,(H,17,18). The molecule has 0 heterocycles. The molecular weight excluding hydrogens is 238 g/mol. The van der Waals surface area contributed by atoms with Crippen LogP contribution in [0.25, 0.3) is 0 Å². The van der Waals surface area contributed by atoms with E-state index in [4.69, 9.17) is 4.84 Å². The lowest BCUT2D eigenvalue weighted by atomic mass is 10.0. The molecule has 2 aliphatic carbocycles. The van der Waals surface area contributed by atoms with Gasteiger partial charge in [0.25, 0.3) is 0 Å². The second kappa shape index (κ2) is 5.74. The lowest BCUT2D eigenvalue weighted by Gasteiger charge is -2.11. The summed E-state index contributed by atoms with van der Waals surface area (Å²) in [7, 11) is 0. The number of aryl methyl sites for hydroxylation is 2. The van der Waals surface area contributed by atoms with Crippen LogP contribution in [0.2, 0.25) is 0 Å². The van der Waals surface area contributed by atoms with Crippen molar-refractivity contribution in [2.45, 2.75) is 57.5 Å². The van der Waals surface area contributed by atoms with Crippen molar-refractivity contribution in [3.05, 3.63) is 34.9 Å². The molecule has 0 atom stereocenters. The van der Waals surface area contributed by atoms with Gasteiger partial charge < -0.3 is 0 Å². The van der Waals surface area contributed by atoms with Gasteiger partial charge in [0.2, 0.25) is 5.91 Å². The third-order valence-electron chi connectivity index (χ3n) is 4.17. The van der Waals surface area contributed by atoms with Crippen LogP contribution in [0.5, 0.6) is 0 Å². The van der Waals surface area contributed by atoms with Crippen LogP contribution in [0.3, 0.4) is 0 Å². The van der Waals surface area contributed by atoms with E-state index in [1.807, 2.05) is 0 Å². The predicted molar refractivity (Wildman–Crippen MR) is 73.7 cm³/mol. The minimum atomic E-state index is -0.0372. The Morgan fingerprint density at radius 2 is 1.95 bits per heavy atom. The average molecular weight is 259 g/mol. The van der Waals surface area contributed by atoms with Crippen LogP contribution in [-0.4, -0.2) is 12.0 Å². The summed E-state index contributed by atoms with van der Waals surface area (Å²) in [5.74, 6) is -0.0372. The summed E-state index contributed by atoms with van der Waals surface area (Å²) < 4.78 is 0. The highest BCUT2D eigenvalue weighted by atomic mass is 16.7. The molecule has 0 unspecified atom stereocenters. The molecule has 1 saturated carbocycles. The van der Waals surface area contributed by atoms with Crippen LogP contribution in [0.4, 0.5) is 0 Å². The summed E-state index contributed by atoms with van der Waals surface area (Å²) in [6.07, 6.45) is 8.80. The number of amides is 1. The molecular formula is C16H21NO2. The van der Waals surface area contributed by atoms with Crippen molar-refractivity contribution < 1.29 is 9.63 Å². The van der Waals surface area contributed by atoms with E-state index < -0.39 is 0 Å². The van der Waals surface area contributed by atoms with Crippen molar-refractivity contribution in [1.29, 1.82) is 0 Å². The van der Waals surface area contributed by atoms with Gasteiger partial charge in [-0.1, -0.05) is 31.0 Å². The molecule has 1 fully saturated rings. The van der Waals surface area contributed by atoms with E-state index in [-0.39, 0.29) is 12.0 Å². The SMILES string of the molecule is O=C(Cc1ccc2c(c1)CCC2)NOC1CCCC1. The van der Waals surface area contributed by atoms with Crippen LogP contribution < -0.4 is 5.48 Å². The number of carbonyl (C=O) groups excluding carboxylic acids is 1. The maximum Gasteiger partial charge on any atom is 0.247 e. The first kappa shape index (κ1) is 12.7. The quantitative estimate of drug-likeness (QED) is 0.844. The number of hydrogen-bond donors (Lipinski definition) is 1. The largest absolute Gasteiger partial charge is 0.272 e. The smallest absolute Gasteiger partial charge is 0.247 e. The van der Waals surface area contributed by atoms with Crippen molar-refractivity contribution in [3.8, 4) is 0 Å². The Labute approximate surface area is 114 Å². The van der Waals surface area contributed by atoms with Gasteiger partial charge >= 0.3 is 0 Å². The number of fused-ring (bicyclic) bond motifs is 1. The summed E-state index contributed by atoms with van der Waals surface area (Å²) >= 11 is 0. The first-order valence-corrected chi connectivity index (χ1v) is 7.36. The highest BCUT2D eigenvalue weighted by Crippen LogP contribution is 2.23. The van der Waals surface area contributed by atoms with Gasteiger partial charge in [0.1, 0.15) is 0 Å². The summed E-state index contributed by atoms with van der Waals surface area (Å²) in [5, 5.41) is 0. The van der Waals surface area contributed by atoms with Crippen LogP contribution in [0.1, 0.15) is 48.8 Å². The van der Waals surface area contributed by atoms with Crippen LogP contribution >= 0.6 is 0 Å². The van der Waals surface area contributed by atoms with Crippen LogP contribution in [0.15, 0.2) is 18.2 Å². The second-order valence-corrected chi connectivity index (χ2v) is 5.68. The molecule has 3 nitrogen and oxygen atoms in total. The first-order valence-electron chi connectivity index (χ1n) is 7.36. The fraction of sp³-hybridized carbons (Fsp3) is 0.562. The average Bonchev–Trinajstić information content (AvgIpc) is 3.07. The van der Waals surface area contributed by atoms with Gasteiger partial charge in [-0.3, -0.25) is 9.63 Å². The predicted octanol–water partition coefficient (Wildman–Crippen LogP) is 2.71. The summed E-state index contributed by atoms with van der Waals surface area (Å²) in [4.78, 5) is 17.3. The highest BCUT2D eigenvalue weighted by Gasteiger charge is 2.17. The minimum Gasteiger partial charge on any atom is -0.272 e. The second-order valence-electron chi connectivity index (χ2n) is 5.68. The topological polar surface area (TPSA) is 38.3 Å². The molecule has 102 valence electrons. The van der Waals surface area contributed by atoms with E-state index in [1.54, 1.807) is 0 Å². The number of hydroxylamine groups is 1.